The average molecular weight is 1280 g/mol. The van der Waals surface area contributed by atoms with Crippen LogP contribution >= 0.6 is 0 Å². The zero-order valence-electron chi connectivity index (χ0n) is 59.0. The number of amides is 10. The smallest absolute Gasteiger partial charge is 0.248 e. The molecule has 5 N–H and O–H groups in total. The van der Waals surface area contributed by atoms with Crippen LogP contribution in [0.15, 0.2) is 0 Å². The molecule has 90 heavy (non-hydrogen) atoms. The van der Waals surface area contributed by atoms with Crippen LogP contribution in [-0.4, -0.2) is 270 Å². The lowest BCUT2D eigenvalue weighted by atomic mass is 9.91. The first-order chi connectivity index (χ1) is 41.9. The number of likely N-dealkylation sites (N-methyl/N-ethyl adjacent to an activating group) is 7. The third-order valence-corrected chi connectivity index (χ3v) is 18.6. The Kier molecular flexibility index (Phi) is 31.1. The van der Waals surface area contributed by atoms with Crippen LogP contribution in [0.25, 0.3) is 0 Å². The van der Waals surface area contributed by atoms with Gasteiger partial charge in [0.05, 0.1) is 37.5 Å². The molecule has 16 unspecified atom stereocenters. The van der Waals surface area contributed by atoms with E-state index >= 15 is 19.2 Å². The van der Waals surface area contributed by atoms with Crippen molar-refractivity contribution in [2.75, 3.05) is 82.2 Å². The Balaban J connectivity index is 2.33. The van der Waals surface area contributed by atoms with Gasteiger partial charge >= 0.3 is 0 Å². The number of unbranched alkanes of at least 4 members (excludes halogenated alkanes) is 1. The van der Waals surface area contributed by atoms with Crippen LogP contribution in [0.3, 0.4) is 0 Å². The molecule has 3 aliphatic heterocycles. The fraction of sp³-hybridized carbons (Fsp3) is 0.846. The summed E-state index contributed by atoms with van der Waals surface area (Å²) in [5.41, 5.74) is 0. The fourth-order valence-electron chi connectivity index (χ4n) is 12.8. The number of fused-ring (bicyclic) bond motifs is 3. The molecule has 2 bridgehead atoms. The average Bonchev–Trinajstić information content (AvgIpc) is 1.56. The van der Waals surface area contributed by atoms with E-state index in [1.165, 1.54) is 97.5 Å². The molecule has 0 aromatic carbocycles. The van der Waals surface area contributed by atoms with Gasteiger partial charge in [-0.3, -0.25) is 58.2 Å². The molecule has 0 radical (unpaired) electrons. The molecule has 25 heteroatoms. The Morgan fingerprint density at radius 2 is 1.00 bits per heavy atom. The van der Waals surface area contributed by atoms with Gasteiger partial charge in [-0.15, -0.1) is 0 Å². The monoisotopic (exact) mass is 1270 g/mol. The maximum absolute atomic E-state index is 15.2. The highest BCUT2D eigenvalue weighted by Crippen LogP contribution is 2.31. The highest BCUT2D eigenvalue weighted by molar-refractivity contribution is 5.99. The summed E-state index contributed by atoms with van der Waals surface area (Å²) in [4.78, 5) is 159. The van der Waals surface area contributed by atoms with Gasteiger partial charge < -0.3 is 64.8 Å². The van der Waals surface area contributed by atoms with E-state index in [9.17, 15) is 33.9 Å². The number of ether oxygens (including phenoxy) is 2. The molecule has 25 nitrogen and oxygen atoms in total. The van der Waals surface area contributed by atoms with Crippen molar-refractivity contribution in [2.24, 2.45) is 35.5 Å². The van der Waals surface area contributed by atoms with E-state index in [-0.39, 0.29) is 49.4 Å². The summed E-state index contributed by atoms with van der Waals surface area (Å²) < 4.78 is 12.5. The lowest BCUT2D eigenvalue weighted by Crippen LogP contribution is -2.64. The van der Waals surface area contributed by atoms with E-state index in [1.807, 2.05) is 62.3 Å². The molecule has 0 aliphatic carbocycles. The molecular formula is C65H118N12O13. The predicted molar refractivity (Wildman–Crippen MR) is 345 cm³/mol. The van der Waals surface area contributed by atoms with Crippen LogP contribution in [0.4, 0.5) is 0 Å². The number of nitrogens with zero attached hydrogens (tertiary/aromatic N) is 8. The first-order valence-electron chi connectivity index (χ1n) is 33.1. The second kappa shape index (κ2) is 35.5. The van der Waals surface area contributed by atoms with Gasteiger partial charge in [0.15, 0.2) is 0 Å². The van der Waals surface area contributed by atoms with Gasteiger partial charge in [0.2, 0.25) is 59.1 Å². The third-order valence-electron chi connectivity index (χ3n) is 18.6. The van der Waals surface area contributed by atoms with Crippen molar-refractivity contribution in [3.8, 4) is 0 Å². The fourth-order valence-corrected chi connectivity index (χ4v) is 12.8. The Hall–Kier alpha value is -5.50. The van der Waals surface area contributed by atoms with Gasteiger partial charge in [-0.1, -0.05) is 95.9 Å². The summed E-state index contributed by atoms with van der Waals surface area (Å²) in [6.07, 6.45) is -0.619. The first-order valence-corrected chi connectivity index (χ1v) is 33.1. The van der Waals surface area contributed by atoms with Crippen molar-refractivity contribution in [3.05, 3.63) is 0 Å². The summed E-state index contributed by atoms with van der Waals surface area (Å²) in [5, 5.41) is 24.0. The van der Waals surface area contributed by atoms with Gasteiger partial charge in [-0.05, 0) is 95.3 Å². The second-order valence-corrected chi connectivity index (χ2v) is 27.7. The van der Waals surface area contributed by atoms with Crippen LogP contribution in [0.5, 0.6) is 0 Å². The summed E-state index contributed by atoms with van der Waals surface area (Å²) in [7, 11) is 10.4. The van der Waals surface area contributed by atoms with E-state index in [0.717, 1.165) is 12.8 Å². The first kappa shape index (κ1) is 78.7. The molecule has 3 saturated heterocycles. The van der Waals surface area contributed by atoms with Crippen molar-refractivity contribution < 1.29 is 62.5 Å². The normalized spacial score (nSPS) is 31.1. The lowest BCUT2D eigenvalue weighted by molar-refractivity contribution is -0.155. The van der Waals surface area contributed by atoms with Crippen molar-refractivity contribution in [3.63, 3.8) is 0 Å². The molecule has 16 atom stereocenters. The van der Waals surface area contributed by atoms with E-state index in [4.69, 9.17) is 9.47 Å². The van der Waals surface area contributed by atoms with Crippen LogP contribution in [0, 0.1) is 35.5 Å². The van der Waals surface area contributed by atoms with E-state index < -0.39 is 156 Å². The molecule has 3 aliphatic rings. The number of rotatable bonds is 15. The largest absolute Gasteiger partial charge is 0.379 e. The Morgan fingerprint density at radius 3 is 1.51 bits per heavy atom. The van der Waals surface area contributed by atoms with Crippen molar-refractivity contribution in [1.29, 1.82) is 0 Å². The van der Waals surface area contributed by atoms with Crippen molar-refractivity contribution >= 4 is 59.1 Å². The Morgan fingerprint density at radius 1 is 0.511 bits per heavy atom. The number of aliphatic hydroxyl groups excluding tert-OH is 1. The number of morpholine rings is 1. The van der Waals surface area contributed by atoms with Crippen molar-refractivity contribution in [2.45, 2.75) is 241 Å². The zero-order valence-corrected chi connectivity index (χ0v) is 59.0. The minimum absolute atomic E-state index is 0.0857. The minimum atomic E-state index is -1.55. The molecule has 3 heterocycles. The summed E-state index contributed by atoms with van der Waals surface area (Å²) >= 11 is 0. The molecule has 0 aromatic rings. The maximum Gasteiger partial charge on any atom is 0.248 e. The molecule has 3 fully saturated rings. The van der Waals surface area contributed by atoms with Gasteiger partial charge in [-0.25, -0.2) is 0 Å². The second-order valence-electron chi connectivity index (χ2n) is 27.7. The highest BCUT2D eigenvalue weighted by atomic mass is 16.5. The van der Waals surface area contributed by atoms with E-state index in [2.05, 4.69) is 26.2 Å². The van der Waals surface area contributed by atoms with Gasteiger partial charge in [0.1, 0.15) is 60.6 Å². The van der Waals surface area contributed by atoms with E-state index in [0.29, 0.717) is 39.3 Å². The topological polar surface area (TPSA) is 283 Å². The quantitative estimate of drug-likeness (QED) is 0.157. The number of hydrogen-bond acceptors (Lipinski definition) is 15. The Labute approximate surface area is 538 Å². The summed E-state index contributed by atoms with van der Waals surface area (Å²) in [5.74, 6) is -7.76. The van der Waals surface area contributed by atoms with E-state index in [1.54, 1.807) is 34.6 Å². The molecule has 0 saturated carbocycles. The molecular weight excluding hydrogens is 1160 g/mol. The third kappa shape index (κ3) is 20.3. The minimum Gasteiger partial charge on any atom is -0.379 e. The molecule has 10 amide bonds. The highest BCUT2D eigenvalue weighted by Gasteiger charge is 2.51. The Bertz CT molecular complexity index is 2430. The SMILES string of the molecule is CCCCC(C)C1OC(C)C2C(=O)N(C)C1C(=O)NC(CC)C(=O)N(C)C(C)C(=O)N(C)C(C(C)CN1CCOCC1)C(O)NC(C(C)C)C(=O)N(C)C(CC(C)C)C(=O)NC(C)C(=O)NC(C)C(=O)N(C)C(CC(C)C)C(=O)N(C)C(CC(C)C)C(=O)N2C. The van der Waals surface area contributed by atoms with Crippen LogP contribution < -0.4 is 21.3 Å². The number of carbonyl (C=O) groups is 10. The molecule has 3 rings (SSSR count). The number of nitrogens with one attached hydrogen (secondary N) is 4. The van der Waals surface area contributed by atoms with Crippen LogP contribution in [-0.2, 0) is 57.4 Å². The van der Waals surface area contributed by atoms with Crippen LogP contribution in [0.1, 0.15) is 156 Å². The standard InChI is InChI=1S/C65H118N12O13/c1-24-26-27-40(11)54-53-58(81)68-46(25-2)61(84)70(17)44(15)60(83)74(21)51(41(12)35-77-28-30-89-31-29-77)57(80)69-50(39(9)10)64(87)71(18)47(32-36(3)4)56(79)66-42(13)55(78)67-43(14)59(82)72(19)48(33-37(5)6)62(85)73(20)49(34-38(7)8)63(86)75(22)52(45(16)90-54)65(88)76(53)23/h36-54,57,69,80H,24-35H2,1-23H3,(H,66,79)(H,67,78)(H,68,81). The number of aliphatic hydroxyl groups is 1. The lowest BCUT2D eigenvalue weighted by Gasteiger charge is -2.42. The number of hydrogen-bond donors (Lipinski definition) is 5. The number of carbonyl (C=O) groups excluding carboxylic acids is 10. The zero-order chi connectivity index (χ0) is 68.7. The van der Waals surface area contributed by atoms with Gasteiger partial charge in [-0.2, -0.15) is 0 Å². The molecule has 0 spiro atoms. The summed E-state index contributed by atoms with van der Waals surface area (Å²) in [6.45, 7) is 31.3. The molecule has 0 aromatic heterocycles. The van der Waals surface area contributed by atoms with Crippen LogP contribution in [0.2, 0.25) is 0 Å². The molecule has 516 valence electrons. The predicted octanol–water partition coefficient (Wildman–Crippen LogP) is 2.37. The van der Waals surface area contributed by atoms with Gasteiger partial charge in [0.25, 0.3) is 0 Å². The van der Waals surface area contributed by atoms with Crippen molar-refractivity contribution in [1.82, 2.24) is 60.5 Å². The maximum atomic E-state index is 15.2. The van der Waals surface area contributed by atoms with Gasteiger partial charge in [0, 0.05) is 69.0 Å². The summed E-state index contributed by atoms with van der Waals surface area (Å²) in [6, 6.07) is -12.9.